The van der Waals surface area contributed by atoms with Crippen molar-refractivity contribution in [3.8, 4) is 17.0 Å². The summed E-state index contributed by atoms with van der Waals surface area (Å²) in [5, 5.41) is 11.6. The first-order valence-electron chi connectivity index (χ1n) is 10.9. The third kappa shape index (κ3) is 5.12. The number of fused-ring (bicyclic) bond motifs is 1. The Balaban J connectivity index is 0.00000272. The Hall–Kier alpha value is -2.34. The van der Waals surface area contributed by atoms with Crippen LogP contribution in [0, 0.1) is 0 Å². The minimum absolute atomic E-state index is 0. The van der Waals surface area contributed by atoms with E-state index in [1.54, 1.807) is 7.11 Å². The van der Waals surface area contributed by atoms with Gasteiger partial charge in [0.1, 0.15) is 11.6 Å². The molecule has 1 saturated heterocycles. The topological polar surface area (TPSA) is 48.8 Å². The number of piperazine rings is 1. The molecule has 4 rings (SSSR count). The summed E-state index contributed by atoms with van der Waals surface area (Å²) in [5.74, 6) is 1.93. The smallest absolute Gasteiger partial charge is 0.137 e. The highest BCUT2D eigenvalue weighted by atomic mass is 35.5. The Kier molecular flexibility index (Phi) is 8.13. The number of hydrogen-bond donors (Lipinski definition) is 1. The predicted molar refractivity (Wildman–Crippen MR) is 131 cm³/mol. The zero-order chi connectivity index (χ0) is 20.9. The number of hydrogen-bond acceptors (Lipinski definition) is 5. The zero-order valence-electron chi connectivity index (χ0n) is 18.4. The second kappa shape index (κ2) is 10.8. The van der Waals surface area contributed by atoms with Crippen LogP contribution in [0.15, 0.2) is 48.5 Å². The standard InChI is InChI=1S/C25H31N3O2.ClH/c1-3-27-12-14-28(15-13-27)25-22-9-5-4-7-20(22)17-23(26-25)21-11-10-19(8-6-16-29)24(18-21)30-2;/h4-5,7,9-11,17-18,29H,3,6,8,12-16H2,1-2H3;1H. The van der Waals surface area contributed by atoms with Crippen LogP contribution in [0.25, 0.3) is 22.0 Å². The van der Waals surface area contributed by atoms with Crippen molar-refractivity contribution >= 4 is 29.0 Å². The van der Waals surface area contributed by atoms with Crippen LogP contribution in [0.1, 0.15) is 18.9 Å². The number of halogens is 1. The average Bonchev–Trinajstić information content (AvgIpc) is 2.82. The lowest BCUT2D eigenvalue weighted by atomic mass is 10.0. The van der Waals surface area contributed by atoms with E-state index in [2.05, 4.69) is 65.3 Å². The van der Waals surface area contributed by atoms with E-state index in [1.165, 1.54) is 10.8 Å². The maximum Gasteiger partial charge on any atom is 0.137 e. The first-order chi connectivity index (χ1) is 14.7. The van der Waals surface area contributed by atoms with Crippen molar-refractivity contribution in [2.45, 2.75) is 19.8 Å². The number of ether oxygens (including phenoxy) is 1. The SMILES string of the molecule is CCN1CCN(c2nc(-c3ccc(CCCO)c(OC)c3)cc3ccccc23)CC1.Cl. The molecule has 0 atom stereocenters. The van der Waals surface area contributed by atoms with Crippen LogP contribution in [0.3, 0.4) is 0 Å². The van der Waals surface area contributed by atoms with Gasteiger partial charge in [-0.3, -0.25) is 0 Å². The number of anilines is 1. The first-order valence-corrected chi connectivity index (χ1v) is 10.9. The van der Waals surface area contributed by atoms with Crippen molar-refractivity contribution in [2.75, 3.05) is 51.3 Å². The molecule has 0 spiro atoms. The Morgan fingerprint density at radius 1 is 1.03 bits per heavy atom. The van der Waals surface area contributed by atoms with E-state index < -0.39 is 0 Å². The van der Waals surface area contributed by atoms with E-state index in [0.717, 1.165) is 74.0 Å². The number of aryl methyl sites for hydroxylation is 1. The minimum Gasteiger partial charge on any atom is -0.496 e. The molecule has 0 saturated carbocycles. The number of pyridine rings is 1. The normalized spacial score (nSPS) is 14.5. The van der Waals surface area contributed by atoms with Crippen molar-refractivity contribution in [1.82, 2.24) is 9.88 Å². The monoisotopic (exact) mass is 441 g/mol. The van der Waals surface area contributed by atoms with Crippen molar-refractivity contribution in [2.24, 2.45) is 0 Å². The van der Waals surface area contributed by atoms with E-state index in [9.17, 15) is 0 Å². The van der Waals surface area contributed by atoms with E-state index in [1.807, 2.05) is 0 Å². The molecule has 0 bridgehead atoms. The highest BCUT2D eigenvalue weighted by Crippen LogP contribution is 2.33. The quantitative estimate of drug-likeness (QED) is 0.589. The molecule has 0 amide bonds. The van der Waals surface area contributed by atoms with Gasteiger partial charge in [-0.15, -0.1) is 12.4 Å². The van der Waals surface area contributed by atoms with Gasteiger partial charge in [-0.05, 0) is 42.5 Å². The molecule has 1 aromatic heterocycles. The number of nitrogens with zero attached hydrogens (tertiary/aromatic N) is 3. The summed E-state index contributed by atoms with van der Waals surface area (Å²) < 4.78 is 5.64. The molecule has 5 nitrogen and oxygen atoms in total. The van der Waals surface area contributed by atoms with Gasteiger partial charge in [-0.2, -0.15) is 0 Å². The van der Waals surface area contributed by atoms with Gasteiger partial charge in [0.15, 0.2) is 0 Å². The third-order valence-corrected chi connectivity index (χ3v) is 6.03. The van der Waals surface area contributed by atoms with E-state index in [4.69, 9.17) is 14.8 Å². The molecule has 1 aliphatic rings. The largest absolute Gasteiger partial charge is 0.496 e. The first kappa shape index (κ1) is 23.3. The molecule has 3 aromatic rings. The Labute approximate surface area is 191 Å². The van der Waals surface area contributed by atoms with Crippen molar-refractivity contribution in [1.29, 1.82) is 0 Å². The summed E-state index contributed by atoms with van der Waals surface area (Å²) in [7, 11) is 1.70. The van der Waals surface area contributed by atoms with Crippen LogP contribution >= 0.6 is 12.4 Å². The highest BCUT2D eigenvalue weighted by molar-refractivity contribution is 5.95. The summed E-state index contributed by atoms with van der Waals surface area (Å²) in [4.78, 5) is 10.0. The zero-order valence-corrected chi connectivity index (χ0v) is 19.2. The second-order valence-corrected chi connectivity index (χ2v) is 7.83. The molecule has 1 fully saturated rings. The molecule has 2 heterocycles. The van der Waals surface area contributed by atoms with Gasteiger partial charge in [0.2, 0.25) is 0 Å². The van der Waals surface area contributed by atoms with E-state index in [0.29, 0.717) is 0 Å². The van der Waals surface area contributed by atoms with Crippen LogP contribution in [0.5, 0.6) is 5.75 Å². The molecule has 31 heavy (non-hydrogen) atoms. The van der Waals surface area contributed by atoms with Gasteiger partial charge in [-0.1, -0.05) is 43.3 Å². The maximum absolute atomic E-state index is 9.15. The Morgan fingerprint density at radius 2 is 1.81 bits per heavy atom. The number of aromatic nitrogens is 1. The fraction of sp³-hybridized carbons (Fsp3) is 0.400. The second-order valence-electron chi connectivity index (χ2n) is 7.83. The fourth-order valence-corrected chi connectivity index (χ4v) is 4.23. The molecule has 166 valence electrons. The lowest BCUT2D eigenvalue weighted by Crippen LogP contribution is -2.46. The van der Waals surface area contributed by atoms with Crippen LogP contribution in [-0.2, 0) is 6.42 Å². The lowest BCUT2D eigenvalue weighted by molar-refractivity contribution is 0.271. The van der Waals surface area contributed by atoms with Gasteiger partial charge in [-0.25, -0.2) is 4.98 Å². The van der Waals surface area contributed by atoms with Gasteiger partial charge >= 0.3 is 0 Å². The molecular weight excluding hydrogens is 410 g/mol. The predicted octanol–water partition coefficient (Wildman–Crippen LogP) is 4.40. The molecule has 0 unspecified atom stereocenters. The average molecular weight is 442 g/mol. The van der Waals surface area contributed by atoms with Gasteiger partial charge in [0.05, 0.1) is 12.8 Å². The van der Waals surface area contributed by atoms with E-state index in [-0.39, 0.29) is 19.0 Å². The number of benzene rings is 2. The van der Waals surface area contributed by atoms with Crippen LogP contribution in [-0.4, -0.2) is 61.4 Å². The molecule has 1 aliphatic heterocycles. The number of methoxy groups -OCH3 is 1. The molecule has 6 heteroatoms. The summed E-state index contributed by atoms with van der Waals surface area (Å²) in [6, 6.07) is 17.0. The minimum atomic E-state index is 0. The molecule has 0 aliphatic carbocycles. The fourth-order valence-electron chi connectivity index (χ4n) is 4.23. The summed E-state index contributed by atoms with van der Waals surface area (Å²) in [5.41, 5.74) is 3.14. The van der Waals surface area contributed by atoms with Gasteiger partial charge in [0.25, 0.3) is 0 Å². The molecule has 1 N–H and O–H groups in total. The van der Waals surface area contributed by atoms with Crippen molar-refractivity contribution in [3.63, 3.8) is 0 Å². The molecule has 0 radical (unpaired) electrons. The van der Waals surface area contributed by atoms with Crippen LogP contribution in [0.2, 0.25) is 0 Å². The maximum atomic E-state index is 9.15. The highest BCUT2D eigenvalue weighted by Gasteiger charge is 2.20. The van der Waals surface area contributed by atoms with Gasteiger partial charge < -0.3 is 19.6 Å². The lowest BCUT2D eigenvalue weighted by Gasteiger charge is -2.35. The summed E-state index contributed by atoms with van der Waals surface area (Å²) >= 11 is 0. The van der Waals surface area contributed by atoms with Crippen molar-refractivity contribution < 1.29 is 9.84 Å². The van der Waals surface area contributed by atoms with Crippen LogP contribution in [0.4, 0.5) is 5.82 Å². The number of rotatable bonds is 7. The Bertz CT molecular complexity index is 1000. The van der Waals surface area contributed by atoms with E-state index >= 15 is 0 Å². The van der Waals surface area contributed by atoms with Crippen molar-refractivity contribution in [3.05, 3.63) is 54.1 Å². The van der Waals surface area contributed by atoms with Crippen LogP contribution < -0.4 is 9.64 Å². The third-order valence-electron chi connectivity index (χ3n) is 6.03. The summed E-state index contributed by atoms with van der Waals surface area (Å²) in [6.07, 6.45) is 1.54. The molecular formula is C25H32ClN3O2. The van der Waals surface area contributed by atoms with Gasteiger partial charge in [0, 0.05) is 43.7 Å². The summed E-state index contributed by atoms with van der Waals surface area (Å²) in [6.45, 7) is 7.65. The number of likely N-dealkylation sites (N-methyl/N-ethyl adjacent to an activating group) is 1. The Morgan fingerprint density at radius 3 is 2.52 bits per heavy atom. The number of aliphatic hydroxyl groups is 1. The number of aliphatic hydroxyl groups excluding tert-OH is 1. The molecule has 2 aromatic carbocycles.